The van der Waals surface area contributed by atoms with Crippen LogP contribution in [0.3, 0.4) is 0 Å². The summed E-state index contributed by atoms with van der Waals surface area (Å²) in [5.41, 5.74) is 4.36. The molecular formula is C24H20N4O2. The molecule has 0 aliphatic rings. The number of aryl methyl sites for hydroxylation is 1. The molecule has 0 atom stereocenters. The van der Waals surface area contributed by atoms with E-state index >= 15 is 0 Å². The molecular weight excluding hydrogens is 376 g/mol. The minimum Gasteiger partial charge on any atom is -0.326 e. The molecule has 0 fully saturated rings. The van der Waals surface area contributed by atoms with Gasteiger partial charge in [-0.1, -0.05) is 30.3 Å². The summed E-state index contributed by atoms with van der Waals surface area (Å²) < 4.78 is 0. The van der Waals surface area contributed by atoms with E-state index in [0.29, 0.717) is 16.9 Å². The second-order valence-electron chi connectivity index (χ2n) is 6.94. The first-order chi connectivity index (χ1) is 14.6. The van der Waals surface area contributed by atoms with Crippen molar-refractivity contribution in [2.45, 2.75) is 13.3 Å². The van der Waals surface area contributed by atoms with Crippen molar-refractivity contribution < 1.29 is 9.59 Å². The third kappa shape index (κ3) is 4.33. The monoisotopic (exact) mass is 396 g/mol. The minimum atomic E-state index is -0.231. The molecule has 6 nitrogen and oxygen atoms in total. The van der Waals surface area contributed by atoms with Gasteiger partial charge in [0.15, 0.2) is 0 Å². The quantitative estimate of drug-likeness (QED) is 0.525. The molecule has 0 aliphatic heterocycles. The van der Waals surface area contributed by atoms with Crippen molar-refractivity contribution in [1.82, 2.24) is 9.97 Å². The van der Waals surface area contributed by atoms with E-state index in [9.17, 15) is 9.59 Å². The number of hydrogen-bond acceptors (Lipinski definition) is 4. The molecule has 0 radical (unpaired) electrons. The first-order valence-electron chi connectivity index (χ1n) is 9.54. The fourth-order valence-electron chi connectivity index (χ4n) is 3.22. The highest BCUT2D eigenvalue weighted by atomic mass is 16.2. The number of amides is 2. The Morgan fingerprint density at radius 3 is 2.53 bits per heavy atom. The Labute approximate surface area is 174 Å². The SMILES string of the molecule is Cc1ccc(NC(=O)Cc2cccc3cccnc23)cc1NC(=O)c1ccncc1. The molecule has 2 aromatic heterocycles. The van der Waals surface area contributed by atoms with E-state index in [-0.39, 0.29) is 18.2 Å². The van der Waals surface area contributed by atoms with Crippen molar-refractivity contribution in [3.8, 4) is 0 Å². The molecule has 2 N–H and O–H groups in total. The van der Waals surface area contributed by atoms with E-state index in [1.54, 1.807) is 36.8 Å². The number of anilines is 2. The predicted octanol–water partition coefficient (Wildman–Crippen LogP) is 4.37. The third-order valence-electron chi connectivity index (χ3n) is 4.78. The maximum Gasteiger partial charge on any atom is 0.255 e. The fraction of sp³-hybridized carbons (Fsp3) is 0.0833. The highest BCUT2D eigenvalue weighted by molar-refractivity contribution is 6.05. The van der Waals surface area contributed by atoms with Crippen molar-refractivity contribution >= 4 is 34.1 Å². The molecule has 0 aliphatic carbocycles. The molecule has 2 amide bonds. The highest BCUT2D eigenvalue weighted by Gasteiger charge is 2.11. The smallest absolute Gasteiger partial charge is 0.255 e. The number of aromatic nitrogens is 2. The van der Waals surface area contributed by atoms with Gasteiger partial charge in [0.2, 0.25) is 5.91 Å². The number of nitrogens with one attached hydrogen (secondary N) is 2. The number of carbonyl (C=O) groups is 2. The number of carbonyl (C=O) groups excluding carboxylic acids is 2. The Kier molecular flexibility index (Phi) is 5.48. The average Bonchev–Trinajstić information content (AvgIpc) is 2.77. The van der Waals surface area contributed by atoms with Crippen LogP contribution in [0.25, 0.3) is 10.9 Å². The van der Waals surface area contributed by atoms with Gasteiger partial charge in [-0.05, 0) is 48.4 Å². The van der Waals surface area contributed by atoms with Crippen LogP contribution in [0.2, 0.25) is 0 Å². The van der Waals surface area contributed by atoms with Crippen LogP contribution in [0.15, 0.2) is 79.3 Å². The Morgan fingerprint density at radius 2 is 1.70 bits per heavy atom. The standard InChI is InChI=1S/C24H20N4O2/c1-16-7-8-20(15-21(16)28-24(30)18-9-12-25-13-10-18)27-22(29)14-19-5-2-4-17-6-3-11-26-23(17)19/h2-13,15H,14H2,1H3,(H,27,29)(H,28,30). The lowest BCUT2D eigenvalue weighted by molar-refractivity contribution is -0.115. The van der Waals surface area contributed by atoms with Gasteiger partial charge in [-0.15, -0.1) is 0 Å². The molecule has 0 bridgehead atoms. The molecule has 0 spiro atoms. The van der Waals surface area contributed by atoms with Gasteiger partial charge in [-0.3, -0.25) is 19.6 Å². The maximum atomic E-state index is 12.6. The Balaban J connectivity index is 1.49. The summed E-state index contributed by atoms with van der Waals surface area (Å²) in [6.45, 7) is 1.90. The van der Waals surface area contributed by atoms with Crippen LogP contribution >= 0.6 is 0 Å². The van der Waals surface area contributed by atoms with E-state index in [1.807, 2.05) is 49.4 Å². The van der Waals surface area contributed by atoms with Crippen molar-refractivity contribution in [1.29, 1.82) is 0 Å². The number of nitrogens with zero attached hydrogens (tertiary/aromatic N) is 2. The molecule has 4 aromatic rings. The molecule has 148 valence electrons. The molecule has 2 aromatic carbocycles. The van der Waals surface area contributed by atoms with Crippen LogP contribution in [0.4, 0.5) is 11.4 Å². The van der Waals surface area contributed by atoms with Crippen LogP contribution in [0.5, 0.6) is 0 Å². The van der Waals surface area contributed by atoms with E-state index in [1.165, 1.54) is 0 Å². The molecule has 0 saturated carbocycles. The number of pyridine rings is 2. The zero-order valence-corrected chi connectivity index (χ0v) is 16.4. The Morgan fingerprint density at radius 1 is 0.900 bits per heavy atom. The lowest BCUT2D eigenvalue weighted by atomic mass is 10.1. The number of hydrogen-bond donors (Lipinski definition) is 2. The van der Waals surface area contributed by atoms with Crippen molar-refractivity contribution in [3.05, 3.63) is 95.9 Å². The summed E-state index contributed by atoms with van der Waals surface area (Å²) in [7, 11) is 0. The van der Waals surface area contributed by atoms with Gasteiger partial charge >= 0.3 is 0 Å². The largest absolute Gasteiger partial charge is 0.326 e. The molecule has 6 heteroatoms. The van der Waals surface area contributed by atoms with Gasteiger partial charge < -0.3 is 10.6 Å². The topological polar surface area (TPSA) is 84.0 Å². The first-order valence-corrected chi connectivity index (χ1v) is 9.54. The van der Waals surface area contributed by atoms with Crippen LogP contribution in [0.1, 0.15) is 21.5 Å². The summed E-state index contributed by atoms with van der Waals surface area (Å²) in [6, 6.07) is 18.4. The van der Waals surface area contributed by atoms with Crippen molar-refractivity contribution in [2.75, 3.05) is 10.6 Å². The van der Waals surface area contributed by atoms with Gasteiger partial charge in [-0.2, -0.15) is 0 Å². The highest BCUT2D eigenvalue weighted by Crippen LogP contribution is 2.22. The van der Waals surface area contributed by atoms with Gasteiger partial charge in [0.05, 0.1) is 11.9 Å². The van der Waals surface area contributed by atoms with E-state index in [4.69, 9.17) is 0 Å². The van der Waals surface area contributed by atoms with Gasteiger partial charge in [0.25, 0.3) is 5.91 Å². The maximum absolute atomic E-state index is 12.6. The van der Waals surface area contributed by atoms with Crippen LogP contribution in [-0.4, -0.2) is 21.8 Å². The Hall–Kier alpha value is -4.06. The summed E-state index contributed by atoms with van der Waals surface area (Å²) in [6.07, 6.45) is 5.07. The predicted molar refractivity (Wildman–Crippen MR) is 117 cm³/mol. The fourth-order valence-corrected chi connectivity index (χ4v) is 3.22. The normalized spacial score (nSPS) is 10.6. The second kappa shape index (κ2) is 8.53. The lowest BCUT2D eigenvalue weighted by Crippen LogP contribution is -2.16. The third-order valence-corrected chi connectivity index (χ3v) is 4.78. The molecule has 4 rings (SSSR count). The minimum absolute atomic E-state index is 0.150. The summed E-state index contributed by atoms with van der Waals surface area (Å²) in [4.78, 5) is 33.4. The van der Waals surface area contributed by atoms with Gasteiger partial charge in [-0.25, -0.2) is 0 Å². The van der Waals surface area contributed by atoms with Gasteiger partial charge in [0.1, 0.15) is 0 Å². The summed E-state index contributed by atoms with van der Waals surface area (Å²) >= 11 is 0. The number of fused-ring (bicyclic) bond motifs is 1. The molecule has 30 heavy (non-hydrogen) atoms. The average molecular weight is 396 g/mol. The van der Waals surface area contributed by atoms with Crippen LogP contribution in [0, 0.1) is 6.92 Å². The van der Waals surface area contributed by atoms with Crippen LogP contribution < -0.4 is 10.6 Å². The van der Waals surface area contributed by atoms with E-state index < -0.39 is 0 Å². The Bertz CT molecular complexity index is 1220. The first kappa shape index (κ1) is 19.3. The zero-order chi connectivity index (χ0) is 20.9. The van der Waals surface area contributed by atoms with Crippen molar-refractivity contribution in [2.24, 2.45) is 0 Å². The molecule has 0 saturated heterocycles. The number of para-hydroxylation sites is 1. The summed E-state index contributed by atoms with van der Waals surface area (Å²) in [5.74, 6) is -0.380. The van der Waals surface area contributed by atoms with E-state index in [2.05, 4.69) is 20.6 Å². The molecule has 2 heterocycles. The van der Waals surface area contributed by atoms with Crippen LogP contribution in [-0.2, 0) is 11.2 Å². The lowest BCUT2D eigenvalue weighted by Gasteiger charge is -2.12. The number of rotatable bonds is 5. The number of benzene rings is 2. The zero-order valence-electron chi connectivity index (χ0n) is 16.4. The molecule has 0 unspecified atom stereocenters. The summed E-state index contributed by atoms with van der Waals surface area (Å²) in [5, 5.41) is 6.79. The van der Waals surface area contributed by atoms with Gasteiger partial charge in [0, 0.05) is 40.9 Å². The van der Waals surface area contributed by atoms with Crippen molar-refractivity contribution in [3.63, 3.8) is 0 Å². The van der Waals surface area contributed by atoms with E-state index in [0.717, 1.165) is 22.0 Å². The second-order valence-corrected chi connectivity index (χ2v) is 6.94.